The van der Waals surface area contributed by atoms with E-state index in [4.69, 9.17) is 4.74 Å². The molecule has 0 aliphatic heterocycles. The van der Waals surface area contributed by atoms with Gasteiger partial charge < -0.3 is 14.6 Å². The molecular weight excluding hydrogens is 246 g/mol. The number of ether oxygens (including phenoxy) is 1. The third-order valence-electron chi connectivity index (χ3n) is 3.55. The number of nitrogens with one attached hydrogen (secondary N) is 1. The molecule has 2 atom stereocenters. The molecule has 5 heteroatoms. The summed E-state index contributed by atoms with van der Waals surface area (Å²) in [6.07, 6.45) is 10.4. The van der Waals surface area contributed by atoms with E-state index in [0.717, 1.165) is 30.6 Å². The normalized spacial score (nSPS) is 23.7. The smallest absolute Gasteiger partial charge is 0.0952 e. The molecule has 0 saturated heterocycles. The van der Waals surface area contributed by atoms with Gasteiger partial charge in [0.1, 0.15) is 0 Å². The van der Waals surface area contributed by atoms with E-state index in [9.17, 15) is 0 Å². The molecule has 4 nitrogen and oxygen atoms in total. The molecule has 1 fully saturated rings. The minimum atomic E-state index is 0.639. The first kappa shape index (κ1) is 13.9. The Morgan fingerprint density at radius 1 is 1.56 bits per heavy atom. The van der Waals surface area contributed by atoms with Crippen molar-refractivity contribution in [2.24, 2.45) is 0 Å². The fraction of sp³-hybridized carbons (Fsp3) is 0.769. The topological polar surface area (TPSA) is 39.1 Å². The second-order valence-corrected chi connectivity index (χ2v) is 5.83. The van der Waals surface area contributed by atoms with Gasteiger partial charge in [-0.3, -0.25) is 0 Å². The fourth-order valence-electron chi connectivity index (χ4n) is 2.57. The van der Waals surface area contributed by atoms with Crippen molar-refractivity contribution >= 4 is 11.8 Å². The van der Waals surface area contributed by atoms with E-state index in [1.54, 1.807) is 7.11 Å². The lowest BCUT2D eigenvalue weighted by atomic mass is 10.2. The number of imidazole rings is 1. The first-order valence-electron chi connectivity index (χ1n) is 6.60. The Balaban J connectivity index is 1.85. The Kier molecular flexibility index (Phi) is 5.53. The lowest BCUT2D eigenvalue weighted by molar-refractivity contribution is 0.199. The summed E-state index contributed by atoms with van der Waals surface area (Å²) in [5, 5.41) is 4.08. The molecule has 2 unspecified atom stereocenters. The average molecular weight is 269 g/mol. The predicted molar refractivity (Wildman–Crippen MR) is 76.0 cm³/mol. The molecule has 1 aliphatic rings. The molecule has 0 bridgehead atoms. The summed E-state index contributed by atoms with van der Waals surface area (Å²) >= 11 is 1.99. The molecule has 2 rings (SSSR count). The van der Waals surface area contributed by atoms with Gasteiger partial charge in [-0.25, -0.2) is 4.98 Å². The maximum Gasteiger partial charge on any atom is 0.0952 e. The van der Waals surface area contributed by atoms with Crippen LogP contribution in [-0.2, 0) is 11.3 Å². The zero-order valence-electron chi connectivity index (χ0n) is 11.3. The summed E-state index contributed by atoms with van der Waals surface area (Å²) in [4.78, 5) is 4.48. The van der Waals surface area contributed by atoms with Crippen LogP contribution in [0.3, 0.4) is 0 Å². The monoisotopic (exact) mass is 269 g/mol. The van der Waals surface area contributed by atoms with Crippen molar-refractivity contribution in [3.05, 3.63) is 18.2 Å². The van der Waals surface area contributed by atoms with Gasteiger partial charge in [0, 0.05) is 37.7 Å². The number of rotatable bonds is 7. The molecule has 0 spiro atoms. The highest BCUT2D eigenvalue weighted by Crippen LogP contribution is 2.37. The van der Waals surface area contributed by atoms with E-state index in [0.29, 0.717) is 6.04 Å². The summed E-state index contributed by atoms with van der Waals surface area (Å²) in [5.41, 5.74) is 1.12. The highest BCUT2D eigenvalue weighted by atomic mass is 32.2. The number of aromatic nitrogens is 2. The van der Waals surface area contributed by atoms with Crippen molar-refractivity contribution in [2.75, 3.05) is 26.5 Å². The Hall–Kier alpha value is -0.520. The zero-order chi connectivity index (χ0) is 12.8. The van der Waals surface area contributed by atoms with Crippen LogP contribution in [0.15, 0.2) is 12.5 Å². The Labute approximate surface area is 114 Å². The summed E-state index contributed by atoms with van der Waals surface area (Å²) < 4.78 is 7.31. The summed E-state index contributed by atoms with van der Waals surface area (Å²) in [6.45, 7) is 2.45. The summed E-state index contributed by atoms with van der Waals surface area (Å²) in [5.74, 6) is 0. The molecule has 1 saturated carbocycles. The molecular formula is C13H23N3OS. The van der Waals surface area contributed by atoms with Gasteiger partial charge in [0.2, 0.25) is 0 Å². The van der Waals surface area contributed by atoms with Crippen LogP contribution in [0.5, 0.6) is 0 Å². The number of methoxy groups -OCH3 is 1. The Morgan fingerprint density at radius 3 is 3.22 bits per heavy atom. The standard InChI is InChI=1S/C13H23N3OS/c1-17-7-6-14-8-11-9-16(10-15-11)12-4-3-5-13(12)18-2/h9-10,12-14H,3-8H2,1-2H3. The van der Waals surface area contributed by atoms with Crippen molar-refractivity contribution in [1.82, 2.24) is 14.9 Å². The van der Waals surface area contributed by atoms with Crippen molar-refractivity contribution in [3.8, 4) is 0 Å². The SMILES string of the molecule is COCCNCc1cn(C2CCCC2SC)cn1. The lowest BCUT2D eigenvalue weighted by Crippen LogP contribution is -2.18. The largest absolute Gasteiger partial charge is 0.383 e. The molecule has 1 heterocycles. The summed E-state index contributed by atoms with van der Waals surface area (Å²) in [7, 11) is 1.72. The van der Waals surface area contributed by atoms with Crippen LogP contribution in [0.2, 0.25) is 0 Å². The van der Waals surface area contributed by atoms with E-state index in [2.05, 4.69) is 27.3 Å². The lowest BCUT2D eigenvalue weighted by Gasteiger charge is -2.18. The zero-order valence-corrected chi connectivity index (χ0v) is 12.1. The van der Waals surface area contributed by atoms with Crippen LogP contribution in [0.4, 0.5) is 0 Å². The first-order chi connectivity index (χ1) is 8.85. The van der Waals surface area contributed by atoms with Crippen LogP contribution < -0.4 is 5.32 Å². The minimum absolute atomic E-state index is 0.639. The van der Waals surface area contributed by atoms with Crippen molar-refractivity contribution in [1.29, 1.82) is 0 Å². The maximum atomic E-state index is 5.00. The van der Waals surface area contributed by atoms with E-state index in [1.807, 2.05) is 18.1 Å². The minimum Gasteiger partial charge on any atom is -0.383 e. The summed E-state index contributed by atoms with van der Waals surface area (Å²) in [6, 6.07) is 0.639. The molecule has 1 N–H and O–H groups in total. The van der Waals surface area contributed by atoms with Gasteiger partial charge in [-0.1, -0.05) is 6.42 Å². The van der Waals surface area contributed by atoms with E-state index >= 15 is 0 Å². The third-order valence-corrected chi connectivity index (χ3v) is 4.70. The number of nitrogens with zero attached hydrogens (tertiary/aromatic N) is 2. The van der Waals surface area contributed by atoms with Crippen LogP contribution in [0.25, 0.3) is 0 Å². The Morgan fingerprint density at radius 2 is 2.44 bits per heavy atom. The van der Waals surface area contributed by atoms with Gasteiger partial charge in [0.05, 0.1) is 18.6 Å². The van der Waals surface area contributed by atoms with E-state index in [1.165, 1.54) is 19.3 Å². The van der Waals surface area contributed by atoms with Crippen LogP contribution >= 0.6 is 11.8 Å². The number of hydrogen-bond acceptors (Lipinski definition) is 4. The van der Waals surface area contributed by atoms with Gasteiger partial charge in [0.25, 0.3) is 0 Å². The molecule has 0 aromatic carbocycles. The fourth-order valence-corrected chi connectivity index (χ4v) is 3.56. The van der Waals surface area contributed by atoms with E-state index in [-0.39, 0.29) is 0 Å². The third kappa shape index (κ3) is 3.49. The van der Waals surface area contributed by atoms with Crippen molar-refractivity contribution < 1.29 is 4.74 Å². The Bertz CT molecular complexity index is 356. The molecule has 1 aliphatic carbocycles. The molecule has 0 amide bonds. The van der Waals surface area contributed by atoms with Gasteiger partial charge in [-0.2, -0.15) is 11.8 Å². The highest BCUT2D eigenvalue weighted by Gasteiger charge is 2.27. The van der Waals surface area contributed by atoms with Crippen molar-refractivity contribution in [3.63, 3.8) is 0 Å². The van der Waals surface area contributed by atoms with Crippen LogP contribution in [-0.4, -0.2) is 41.3 Å². The van der Waals surface area contributed by atoms with Crippen molar-refractivity contribution in [2.45, 2.75) is 37.1 Å². The van der Waals surface area contributed by atoms with Gasteiger partial charge >= 0.3 is 0 Å². The second-order valence-electron chi connectivity index (χ2n) is 4.75. The molecule has 1 aromatic heterocycles. The van der Waals surface area contributed by atoms with Crippen LogP contribution in [0.1, 0.15) is 31.0 Å². The highest BCUT2D eigenvalue weighted by molar-refractivity contribution is 7.99. The number of hydrogen-bond donors (Lipinski definition) is 1. The maximum absolute atomic E-state index is 5.00. The van der Waals surface area contributed by atoms with Gasteiger partial charge in [-0.15, -0.1) is 0 Å². The van der Waals surface area contributed by atoms with E-state index < -0.39 is 0 Å². The van der Waals surface area contributed by atoms with Gasteiger partial charge in [0.15, 0.2) is 0 Å². The van der Waals surface area contributed by atoms with Gasteiger partial charge in [-0.05, 0) is 19.1 Å². The predicted octanol–water partition coefficient (Wildman–Crippen LogP) is 2.08. The average Bonchev–Trinajstić information content (AvgIpc) is 3.02. The number of thioether (sulfide) groups is 1. The first-order valence-corrected chi connectivity index (χ1v) is 7.88. The van der Waals surface area contributed by atoms with Crippen LogP contribution in [0, 0.1) is 0 Å². The second kappa shape index (κ2) is 7.16. The molecule has 1 aromatic rings. The molecule has 0 radical (unpaired) electrons. The molecule has 18 heavy (non-hydrogen) atoms. The quantitative estimate of drug-likeness (QED) is 0.769. The molecule has 102 valence electrons.